The normalized spacial score (nSPS) is 15.8. The van der Waals surface area contributed by atoms with Crippen LogP contribution in [0.2, 0.25) is 0 Å². The number of carbonyl (C=O) groups is 1. The third-order valence-corrected chi connectivity index (χ3v) is 6.27. The average Bonchev–Trinajstić information content (AvgIpc) is 3.36. The maximum Gasteiger partial charge on any atom is 0.263 e. The van der Waals surface area contributed by atoms with Gasteiger partial charge in [-0.15, -0.1) is 0 Å². The monoisotopic (exact) mass is 472 g/mol. The van der Waals surface area contributed by atoms with Crippen molar-refractivity contribution in [1.29, 1.82) is 0 Å². The highest BCUT2D eigenvalue weighted by Gasteiger charge is 2.30. The van der Waals surface area contributed by atoms with Crippen molar-refractivity contribution in [3.05, 3.63) is 106 Å². The van der Waals surface area contributed by atoms with E-state index in [0.717, 1.165) is 24.0 Å². The van der Waals surface area contributed by atoms with E-state index in [2.05, 4.69) is 10.1 Å². The third-order valence-electron chi connectivity index (χ3n) is 6.27. The van der Waals surface area contributed by atoms with Crippen LogP contribution in [0.4, 0.5) is 4.39 Å². The summed E-state index contributed by atoms with van der Waals surface area (Å²) in [7, 11) is 0. The molecular weight excluding hydrogens is 447 g/mol. The standard InChI is InChI=1S/C27H25FN4O3/c1-18-6-2-7-19(14-18)16-31-13-5-11-23(26(31)33)27(34)32-12-4-9-21(17-32)25-29-24(30-35-25)20-8-3-10-22(28)15-20/h2-3,5-8,10-11,13-15,21H,4,9,12,16-17H2,1H3/t21-/m0/s1. The zero-order valence-corrected chi connectivity index (χ0v) is 19.4. The van der Waals surface area contributed by atoms with Gasteiger partial charge < -0.3 is 14.0 Å². The first-order chi connectivity index (χ1) is 17.0. The second kappa shape index (κ2) is 9.66. The van der Waals surface area contributed by atoms with E-state index in [1.54, 1.807) is 39.9 Å². The van der Waals surface area contributed by atoms with Crippen molar-refractivity contribution >= 4 is 5.91 Å². The number of carbonyl (C=O) groups excluding carboxylic acids is 1. The minimum Gasteiger partial charge on any atom is -0.339 e. The van der Waals surface area contributed by atoms with E-state index >= 15 is 0 Å². The van der Waals surface area contributed by atoms with E-state index in [-0.39, 0.29) is 28.8 Å². The van der Waals surface area contributed by atoms with Crippen LogP contribution >= 0.6 is 0 Å². The van der Waals surface area contributed by atoms with Gasteiger partial charge in [-0.05, 0) is 49.6 Å². The molecule has 1 aliphatic rings. The Morgan fingerprint density at radius 2 is 2.00 bits per heavy atom. The zero-order valence-electron chi connectivity index (χ0n) is 19.4. The van der Waals surface area contributed by atoms with Gasteiger partial charge in [-0.25, -0.2) is 4.39 Å². The fourth-order valence-electron chi connectivity index (χ4n) is 4.51. The van der Waals surface area contributed by atoms with Gasteiger partial charge in [0.15, 0.2) is 0 Å². The van der Waals surface area contributed by atoms with Crippen molar-refractivity contribution < 1.29 is 13.7 Å². The van der Waals surface area contributed by atoms with Gasteiger partial charge in [0.2, 0.25) is 11.7 Å². The molecule has 0 saturated carbocycles. The fourth-order valence-corrected chi connectivity index (χ4v) is 4.51. The summed E-state index contributed by atoms with van der Waals surface area (Å²) < 4.78 is 20.6. The topological polar surface area (TPSA) is 81.2 Å². The lowest BCUT2D eigenvalue weighted by molar-refractivity contribution is 0.0693. The molecule has 1 fully saturated rings. The summed E-state index contributed by atoms with van der Waals surface area (Å²) >= 11 is 0. The third kappa shape index (κ3) is 4.91. The van der Waals surface area contributed by atoms with Crippen LogP contribution < -0.4 is 5.56 Å². The molecule has 1 aliphatic heterocycles. The van der Waals surface area contributed by atoms with Crippen LogP contribution in [0.25, 0.3) is 11.4 Å². The smallest absolute Gasteiger partial charge is 0.263 e. The van der Waals surface area contributed by atoms with E-state index in [9.17, 15) is 14.0 Å². The van der Waals surface area contributed by atoms with E-state index in [4.69, 9.17) is 4.52 Å². The molecular formula is C27H25FN4O3. The molecule has 7 nitrogen and oxygen atoms in total. The largest absolute Gasteiger partial charge is 0.339 e. The molecule has 2 aromatic carbocycles. The Labute approximate surface area is 201 Å². The lowest BCUT2D eigenvalue weighted by Crippen LogP contribution is -2.42. The van der Waals surface area contributed by atoms with E-state index in [1.807, 2.05) is 31.2 Å². The number of nitrogens with zero attached hydrogens (tertiary/aromatic N) is 4. The Hall–Kier alpha value is -4.07. The molecule has 3 heterocycles. The number of piperidine rings is 1. The van der Waals surface area contributed by atoms with Crippen LogP contribution in [0.1, 0.15) is 46.1 Å². The summed E-state index contributed by atoms with van der Waals surface area (Å²) in [6, 6.07) is 17.3. The molecule has 8 heteroatoms. The average molecular weight is 473 g/mol. The number of rotatable bonds is 5. The predicted molar refractivity (Wildman–Crippen MR) is 129 cm³/mol. The number of amides is 1. The van der Waals surface area contributed by atoms with E-state index in [1.165, 1.54) is 12.1 Å². The molecule has 0 spiro atoms. The van der Waals surface area contributed by atoms with Crippen molar-refractivity contribution in [2.75, 3.05) is 13.1 Å². The second-order valence-corrected chi connectivity index (χ2v) is 8.90. The van der Waals surface area contributed by atoms with Gasteiger partial charge in [0.25, 0.3) is 11.5 Å². The van der Waals surface area contributed by atoms with Gasteiger partial charge in [0, 0.05) is 24.8 Å². The number of aromatic nitrogens is 3. The lowest BCUT2D eigenvalue weighted by atomic mass is 9.97. The molecule has 1 amide bonds. The fraction of sp³-hybridized carbons (Fsp3) is 0.259. The molecule has 1 atom stereocenters. The Morgan fingerprint density at radius 1 is 1.14 bits per heavy atom. The maximum atomic E-state index is 13.6. The number of likely N-dealkylation sites (tertiary alicyclic amines) is 1. The first-order valence-electron chi connectivity index (χ1n) is 11.6. The minimum absolute atomic E-state index is 0.145. The van der Waals surface area contributed by atoms with Gasteiger partial charge in [-0.1, -0.05) is 47.1 Å². The van der Waals surface area contributed by atoms with Gasteiger partial charge in [-0.2, -0.15) is 4.98 Å². The minimum atomic E-state index is -0.376. The summed E-state index contributed by atoms with van der Waals surface area (Å²) in [4.78, 5) is 32.6. The molecule has 35 heavy (non-hydrogen) atoms. The number of benzene rings is 2. The molecule has 1 saturated heterocycles. The summed E-state index contributed by atoms with van der Waals surface area (Å²) in [6.45, 7) is 3.32. The van der Waals surface area contributed by atoms with E-state index in [0.29, 0.717) is 36.9 Å². The predicted octanol–water partition coefficient (Wildman–Crippen LogP) is 4.41. The summed E-state index contributed by atoms with van der Waals surface area (Å²) in [6.07, 6.45) is 3.23. The number of pyridine rings is 1. The summed E-state index contributed by atoms with van der Waals surface area (Å²) in [5.41, 5.74) is 2.48. The Balaban J connectivity index is 1.33. The SMILES string of the molecule is Cc1cccc(Cn2cccc(C(=O)N3CCC[C@H](c4nc(-c5cccc(F)c5)no4)C3)c2=O)c1. The second-order valence-electron chi connectivity index (χ2n) is 8.90. The molecule has 2 aromatic heterocycles. The summed E-state index contributed by atoms with van der Waals surface area (Å²) in [5.74, 6) is -0.111. The highest BCUT2D eigenvalue weighted by Crippen LogP contribution is 2.28. The number of halogens is 1. The highest BCUT2D eigenvalue weighted by molar-refractivity contribution is 5.94. The van der Waals surface area contributed by atoms with Crippen LogP contribution in [-0.4, -0.2) is 38.6 Å². The maximum absolute atomic E-state index is 13.6. The Morgan fingerprint density at radius 3 is 2.83 bits per heavy atom. The molecule has 178 valence electrons. The molecule has 0 unspecified atom stereocenters. The molecule has 0 aliphatic carbocycles. The van der Waals surface area contributed by atoms with Gasteiger partial charge in [-0.3, -0.25) is 9.59 Å². The quantitative estimate of drug-likeness (QED) is 0.430. The molecule has 4 aromatic rings. The number of aryl methyl sites for hydroxylation is 1. The lowest BCUT2D eigenvalue weighted by Gasteiger charge is -2.31. The van der Waals surface area contributed by atoms with Crippen molar-refractivity contribution in [1.82, 2.24) is 19.6 Å². The van der Waals surface area contributed by atoms with Crippen LogP contribution in [-0.2, 0) is 6.54 Å². The Bertz CT molecular complexity index is 1430. The highest BCUT2D eigenvalue weighted by atomic mass is 19.1. The van der Waals surface area contributed by atoms with Crippen molar-refractivity contribution in [3.63, 3.8) is 0 Å². The van der Waals surface area contributed by atoms with Crippen molar-refractivity contribution in [2.24, 2.45) is 0 Å². The van der Waals surface area contributed by atoms with Gasteiger partial charge >= 0.3 is 0 Å². The molecule has 0 bridgehead atoms. The van der Waals surface area contributed by atoms with Crippen LogP contribution in [0, 0.1) is 12.7 Å². The van der Waals surface area contributed by atoms with Crippen LogP contribution in [0.3, 0.4) is 0 Å². The molecule has 5 rings (SSSR count). The van der Waals surface area contributed by atoms with E-state index < -0.39 is 0 Å². The zero-order chi connectivity index (χ0) is 24.4. The Kier molecular flexibility index (Phi) is 6.27. The summed E-state index contributed by atoms with van der Waals surface area (Å²) in [5, 5.41) is 3.99. The molecule has 0 N–H and O–H groups in total. The molecule has 0 radical (unpaired) electrons. The first kappa shape index (κ1) is 22.7. The number of hydrogen-bond acceptors (Lipinski definition) is 5. The van der Waals surface area contributed by atoms with Gasteiger partial charge in [0.05, 0.1) is 12.5 Å². The van der Waals surface area contributed by atoms with Crippen LogP contribution in [0.5, 0.6) is 0 Å². The number of hydrogen-bond donors (Lipinski definition) is 0. The van der Waals surface area contributed by atoms with Crippen molar-refractivity contribution in [2.45, 2.75) is 32.2 Å². The van der Waals surface area contributed by atoms with Crippen LogP contribution in [0.15, 0.2) is 76.2 Å². The first-order valence-corrected chi connectivity index (χ1v) is 11.6. The van der Waals surface area contributed by atoms with Crippen molar-refractivity contribution in [3.8, 4) is 11.4 Å². The van der Waals surface area contributed by atoms with Gasteiger partial charge in [0.1, 0.15) is 11.4 Å².